The standard InChI is InChI=1S/C20H23N3O3/c1-12-8-16(12)23-19(25)14-9-17(22-18(10-14)20(26)21-2)15(11-24)13-6-4-3-5-7-13/h3-7,9-10,12,15-16,24H,8,11H2,1-2H3,(H,21,26)(H,23,25)/t12-,15?,16?/m0/s1. The molecule has 0 radical (unpaired) electrons. The van der Waals surface area contributed by atoms with Crippen molar-refractivity contribution < 1.29 is 14.7 Å². The summed E-state index contributed by atoms with van der Waals surface area (Å²) >= 11 is 0. The van der Waals surface area contributed by atoms with Gasteiger partial charge in [0, 0.05) is 24.6 Å². The van der Waals surface area contributed by atoms with Gasteiger partial charge >= 0.3 is 0 Å². The molecule has 0 saturated heterocycles. The highest BCUT2D eigenvalue weighted by atomic mass is 16.3. The van der Waals surface area contributed by atoms with E-state index in [1.54, 1.807) is 6.07 Å². The molecule has 2 aromatic rings. The number of hydrogen-bond donors (Lipinski definition) is 3. The predicted molar refractivity (Wildman–Crippen MR) is 98.0 cm³/mol. The first-order chi connectivity index (χ1) is 12.5. The molecule has 1 aliphatic rings. The van der Waals surface area contributed by atoms with Gasteiger partial charge in [0.05, 0.1) is 12.3 Å². The van der Waals surface area contributed by atoms with Crippen LogP contribution in [0.1, 0.15) is 51.4 Å². The van der Waals surface area contributed by atoms with Crippen LogP contribution in [0.3, 0.4) is 0 Å². The van der Waals surface area contributed by atoms with Gasteiger partial charge in [-0.25, -0.2) is 4.98 Å². The predicted octanol–water partition coefficient (Wildman–Crippen LogP) is 1.70. The van der Waals surface area contributed by atoms with E-state index in [1.807, 2.05) is 30.3 Å². The fraction of sp³-hybridized carbons (Fsp3) is 0.350. The Morgan fingerprint density at radius 2 is 1.92 bits per heavy atom. The minimum Gasteiger partial charge on any atom is -0.395 e. The molecular weight excluding hydrogens is 330 g/mol. The number of aliphatic hydroxyl groups is 1. The molecule has 1 aromatic carbocycles. The molecule has 1 aliphatic carbocycles. The van der Waals surface area contributed by atoms with Crippen molar-refractivity contribution in [2.45, 2.75) is 25.3 Å². The van der Waals surface area contributed by atoms with Crippen molar-refractivity contribution in [1.82, 2.24) is 15.6 Å². The monoisotopic (exact) mass is 353 g/mol. The summed E-state index contributed by atoms with van der Waals surface area (Å²) in [5.74, 6) is -0.524. The van der Waals surface area contributed by atoms with Crippen LogP contribution >= 0.6 is 0 Å². The van der Waals surface area contributed by atoms with E-state index in [9.17, 15) is 14.7 Å². The average molecular weight is 353 g/mol. The maximum atomic E-state index is 12.6. The largest absolute Gasteiger partial charge is 0.395 e. The molecule has 26 heavy (non-hydrogen) atoms. The highest BCUT2D eigenvalue weighted by Crippen LogP contribution is 2.29. The number of nitrogens with zero attached hydrogens (tertiary/aromatic N) is 1. The minimum atomic E-state index is -0.410. The normalized spacial score (nSPS) is 19.5. The number of benzene rings is 1. The van der Waals surface area contributed by atoms with E-state index in [1.165, 1.54) is 13.1 Å². The molecule has 2 unspecified atom stereocenters. The second kappa shape index (κ2) is 7.66. The number of carbonyl (C=O) groups excluding carboxylic acids is 2. The van der Waals surface area contributed by atoms with E-state index in [-0.39, 0.29) is 30.2 Å². The third-order valence-corrected chi connectivity index (χ3v) is 4.73. The lowest BCUT2D eigenvalue weighted by molar-refractivity contribution is 0.0949. The number of aliphatic hydroxyl groups excluding tert-OH is 1. The molecule has 1 saturated carbocycles. The Kier molecular flexibility index (Phi) is 5.32. The van der Waals surface area contributed by atoms with Crippen LogP contribution in [0.15, 0.2) is 42.5 Å². The summed E-state index contributed by atoms with van der Waals surface area (Å²) < 4.78 is 0. The number of pyridine rings is 1. The zero-order chi connectivity index (χ0) is 18.7. The van der Waals surface area contributed by atoms with Crippen molar-refractivity contribution in [1.29, 1.82) is 0 Å². The van der Waals surface area contributed by atoms with Crippen LogP contribution in [0.4, 0.5) is 0 Å². The first-order valence-corrected chi connectivity index (χ1v) is 8.74. The SMILES string of the molecule is CNC(=O)c1cc(C(=O)NC2C[C@@H]2C)cc(C(CO)c2ccccc2)n1. The van der Waals surface area contributed by atoms with Crippen LogP contribution < -0.4 is 10.6 Å². The van der Waals surface area contributed by atoms with Crippen molar-refractivity contribution in [2.24, 2.45) is 5.92 Å². The molecule has 6 heteroatoms. The summed E-state index contributed by atoms with van der Waals surface area (Å²) in [7, 11) is 1.52. The summed E-state index contributed by atoms with van der Waals surface area (Å²) in [5.41, 5.74) is 1.91. The molecule has 0 bridgehead atoms. The molecule has 136 valence electrons. The number of amides is 2. The Balaban J connectivity index is 1.98. The molecule has 1 aromatic heterocycles. The third kappa shape index (κ3) is 3.91. The summed E-state index contributed by atoms with van der Waals surface area (Å²) in [6, 6.07) is 12.8. The maximum Gasteiger partial charge on any atom is 0.269 e. The van der Waals surface area contributed by atoms with Gasteiger partial charge in [-0.05, 0) is 30.0 Å². The van der Waals surface area contributed by atoms with Crippen molar-refractivity contribution in [3.05, 3.63) is 65.0 Å². The maximum absolute atomic E-state index is 12.6. The second-order valence-electron chi connectivity index (χ2n) is 6.68. The van der Waals surface area contributed by atoms with Crippen molar-refractivity contribution in [3.63, 3.8) is 0 Å². The quantitative estimate of drug-likeness (QED) is 0.737. The highest BCUT2D eigenvalue weighted by Gasteiger charge is 2.34. The van der Waals surface area contributed by atoms with Crippen molar-refractivity contribution in [2.75, 3.05) is 13.7 Å². The van der Waals surface area contributed by atoms with E-state index >= 15 is 0 Å². The Hall–Kier alpha value is -2.73. The molecule has 0 aliphatic heterocycles. The summed E-state index contributed by atoms with van der Waals surface area (Å²) in [5, 5.41) is 15.4. The number of hydrogen-bond acceptors (Lipinski definition) is 4. The summed E-state index contributed by atoms with van der Waals surface area (Å²) in [6.07, 6.45) is 0.968. The van der Waals surface area contributed by atoms with Gasteiger partial charge in [-0.15, -0.1) is 0 Å². The first-order valence-electron chi connectivity index (χ1n) is 8.74. The zero-order valence-electron chi connectivity index (χ0n) is 14.9. The zero-order valence-corrected chi connectivity index (χ0v) is 14.9. The second-order valence-corrected chi connectivity index (χ2v) is 6.68. The smallest absolute Gasteiger partial charge is 0.269 e. The molecular formula is C20H23N3O3. The van der Waals surface area contributed by atoms with Gasteiger partial charge in [0.2, 0.25) is 0 Å². The number of carbonyl (C=O) groups is 2. The Bertz CT molecular complexity index is 807. The molecule has 1 fully saturated rings. The van der Waals surface area contributed by atoms with Gasteiger partial charge in [0.1, 0.15) is 5.69 Å². The number of rotatable bonds is 6. The van der Waals surface area contributed by atoms with Gasteiger partial charge in [0.25, 0.3) is 11.8 Å². The van der Waals surface area contributed by atoms with Crippen LogP contribution in [0.25, 0.3) is 0 Å². The Morgan fingerprint density at radius 1 is 1.23 bits per heavy atom. The van der Waals surface area contributed by atoms with Crippen LogP contribution in [-0.4, -0.2) is 41.6 Å². The topological polar surface area (TPSA) is 91.3 Å². The van der Waals surface area contributed by atoms with Gasteiger partial charge in [0.15, 0.2) is 0 Å². The fourth-order valence-electron chi connectivity index (χ4n) is 2.94. The fourth-order valence-corrected chi connectivity index (χ4v) is 2.94. The molecule has 3 rings (SSSR count). The van der Waals surface area contributed by atoms with Gasteiger partial charge < -0.3 is 15.7 Å². The number of aromatic nitrogens is 1. The lowest BCUT2D eigenvalue weighted by atomic mass is 9.94. The van der Waals surface area contributed by atoms with E-state index < -0.39 is 5.92 Å². The van der Waals surface area contributed by atoms with Crippen LogP contribution in [0, 0.1) is 5.92 Å². The molecule has 1 heterocycles. The minimum absolute atomic E-state index is 0.161. The number of nitrogens with one attached hydrogen (secondary N) is 2. The van der Waals surface area contributed by atoms with Crippen LogP contribution in [0.2, 0.25) is 0 Å². The molecule has 0 spiro atoms. The average Bonchev–Trinajstić information content (AvgIpc) is 3.36. The van der Waals surface area contributed by atoms with Crippen LogP contribution in [-0.2, 0) is 0 Å². The molecule has 6 nitrogen and oxygen atoms in total. The molecule has 3 N–H and O–H groups in total. The summed E-state index contributed by atoms with van der Waals surface area (Å²) in [4.78, 5) is 29.1. The third-order valence-electron chi connectivity index (χ3n) is 4.73. The van der Waals surface area contributed by atoms with Gasteiger partial charge in [-0.1, -0.05) is 37.3 Å². The molecule has 3 atom stereocenters. The van der Waals surface area contributed by atoms with Gasteiger partial charge in [-0.3, -0.25) is 9.59 Å². The van der Waals surface area contributed by atoms with Gasteiger partial charge in [-0.2, -0.15) is 0 Å². The van der Waals surface area contributed by atoms with Crippen molar-refractivity contribution >= 4 is 11.8 Å². The van der Waals surface area contributed by atoms with Crippen molar-refractivity contribution in [3.8, 4) is 0 Å². The first kappa shape index (κ1) is 18.1. The summed E-state index contributed by atoms with van der Waals surface area (Å²) in [6.45, 7) is 1.91. The lowest BCUT2D eigenvalue weighted by Gasteiger charge is -2.16. The lowest BCUT2D eigenvalue weighted by Crippen LogP contribution is -2.28. The van der Waals surface area contributed by atoms with E-state index in [0.29, 0.717) is 17.2 Å². The van der Waals surface area contributed by atoms with E-state index in [2.05, 4.69) is 22.5 Å². The van der Waals surface area contributed by atoms with E-state index in [0.717, 1.165) is 12.0 Å². The van der Waals surface area contributed by atoms with E-state index in [4.69, 9.17) is 0 Å². The Labute approximate surface area is 152 Å². The van der Waals surface area contributed by atoms with Crippen LogP contribution in [0.5, 0.6) is 0 Å². The Morgan fingerprint density at radius 3 is 2.50 bits per heavy atom. The highest BCUT2D eigenvalue weighted by molar-refractivity contribution is 5.98. The molecule has 2 amide bonds.